The van der Waals surface area contributed by atoms with Gasteiger partial charge >= 0.3 is 0 Å². The van der Waals surface area contributed by atoms with Crippen LogP contribution < -0.4 is 4.72 Å². The molecular formula is C26H29ClN2O2S. The minimum atomic E-state index is -3.79. The maximum Gasteiger partial charge on any atom is 0.261 e. The van der Waals surface area contributed by atoms with E-state index in [0.29, 0.717) is 22.0 Å². The second-order valence-corrected chi connectivity index (χ2v) is 10.8. The highest BCUT2D eigenvalue weighted by Crippen LogP contribution is 2.34. The monoisotopic (exact) mass is 468 g/mol. The summed E-state index contributed by atoms with van der Waals surface area (Å²) in [6, 6.07) is 12.0. The van der Waals surface area contributed by atoms with E-state index in [0.717, 1.165) is 11.1 Å². The minimum absolute atomic E-state index is 0.0557. The molecule has 1 atom stereocenters. The summed E-state index contributed by atoms with van der Waals surface area (Å²) in [6.45, 7) is 10.2. The zero-order chi connectivity index (χ0) is 23.5. The Morgan fingerprint density at radius 3 is 2.34 bits per heavy atom. The van der Waals surface area contributed by atoms with Crippen molar-refractivity contribution >= 4 is 39.2 Å². The van der Waals surface area contributed by atoms with Crippen LogP contribution >= 0.6 is 11.6 Å². The second kappa shape index (κ2) is 9.47. The Labute approximate surface area is 196 Å². The second-order valence-electron chi connectivity index (χ2n) is 8.72. The van der Waals surface area contributed by atoms with Gasteiger partial charge in [-0.1, -0.05) is 62.7 Å². The van der Waals surface area contributed by atoms with Crippen LogP contribution in [0.5, 0.6) is 0 Å². The van der Waals surface area contributed by atoms with Crippen molar-refractivity contribution in [3.63, 3.8) is 0 Å². The number of anilines is 1. The van der Waals surface area contributed by atoms with Crippen molar-refractivity contribution in [2.24, 2.45) is 10.9 Å². The third-order valence-electron chi connectivity index (χ3n) is 5.33. The number of sulfonamides is 1. The maximum absolute atomic E-state index is 13.1. The van der Waals surface area contributed by atoms with Crippen LogP contribution in [0.3, 0.4) is 0 Å². The molecule has 1 unspecified atom stereocenters. The van der Waals surface area contributed by atoms with Crippen LogP contribution in [-0.4, -0.2) is 14.6 Å². The first-order valence-corrected chi connectivity index (χ1v) is 12.4. The molecule has 32 heavy (non-hydrogen) atoms. The van der Waals surface area contributed by atoms with E-state index in [4.69, 9.17) is 11.6 Å². The normalized spacial score (nSPS) is 18.2. The first kappa shape index (κ1) is 24.0. The Balaban J connectivity index is 1.98. The standard InChI is InChI=1S/C26H29ClN2O2S/c1-6-8-19-17-28-25(15-18(19)7-2)23-16-21(27)11-14-24(23)29-32(30,31)22-12-9-20(10-13-22)26(3,4)5/h6-17,19,29H,1-5H3/b8-6?,18-7-. The van der Waals surface area contributed by atoms with Crippen LogP contribution in [0, 0.1) is 5.92 Å². The van der Waals surface area contributed by atoms with E-state index in [1.807, 2.05) is 50.4 Å². The third kappa shape index (κ3) is 5.40. The summed E-state index contributed by atoms with van der Waals surface area (Å²) in [5.41, 5.74) is 3.81. The smallest absolute Gasteiger partial charge is 0.261 e. The highest BCUT2D eigenvalue weighted by Gasteiger charge is 2.21. The Morgan fingerprint density at radius 2 is 1.75 bits per heavy atom. The molecule has 0 fully saturated rings. The van der Waals surface area contributed by atoms with Crippen LogP contribution in [0.25, 0.3) is 5.70 Å². The van der Waals surface area contributed by atoms with Gasteiger partial charge in [0.1, 0.15) is 0 Å². The van der Waals surface area contributed by atoms with Gasteiger partial charge in [0, 0.05) is 22.7 Å². The molecule has 1 aliphatic heterocycles. The van der Waals surface area contributed by atoms with Gasteiger partial charge in [-0.15, -0.1) is 0 Å². The van der Waals surface area contributed by atoms with Crippen molar-refractivity contribution in [1.29, 1.82) is 0 Å². The van der Waals surface area contributed by atoms with E-state index in [1.54, 1.807) is 30.3 Å². The molecule has 4 nitrogen and oxygen atoms in total. The topological polar surface area (TPSA) is 58.5 Å². The number of nitrogens with zero attached hydrogens (tertiary/aromatic N) is 1. The zero-order valence-electron chi connectivity index (χ0n) is 19.1. The molecule has 0 aromatic heterocycles. The molecule has 2 aromatic carbocycles. The highest BCUT2D eigenvalue weighted by molar-refractivity contribution is 7.92. The van der Waals surface area contributed by atoms with Gasteiger partial charge in [-0.3, -0.25) is 9.71 Å². The lowest BCUT2D eigenvalue weighted by Crippen LogP contribution is -2.16. The van der Waals surface area contributed by atoms with Gasteiger partial charge in [0.05, 0.1) is 16.3 Å². The molecule has 0 radical (unpaired) electrons. The molecule has 2 aromatic rings. The van der Waals surface area contributed by atoms with E-state index in [-0.39, 0.29) is 16.2 Å². The fourth-order valence-electron chi connectivity index (χ4n) is 3.48. The van der Waals surface area contributed by atoms with Gasteiger partial charge in [-0.05, 0) is 66.8 Å². The molecule has 0 aliphatic carbocycles. The molecule has 0 saturated carbocycles. The minimum Gasteiger partial charge on any atom is -0.279 e. The number of allylic oxidation sites excluding steroid dienone is 5. The number of aliphatic imine (C=N–C) groups is 1. The molecule has 0 spiro atoms. The molecule has 1 N–H and O–H groups in total. The number of halogens is 1. The lowest BCUT2D eigenvalue weighted by Gasteiger charge is -2.20. The Hall–Kier alpha value is -2.63. The van der Waals surface area contributed by atoms with Crippen LogP contribution in [-0.2, 0) is 15.4 Å². The summed E-state index contributed by atoms with van der Waals surface area (Å²) in [7, 11) is -3.79. The predicted octanol–water partition coefficient (Wildman–Crippen LogP) is 7.00. The fraction of sp³-hybridized carbons (Fsp3) is 0.269. The van der Waals surface area contributed by atoms with Crippen molar-refractivity contribution in [3.8, 4) is 0 Å². The SMILES string of the molecule is CC=CC1C=NC(c2cc(Cl)ccc2NS(=O)(=O)c2ccc(C(C)(C)C)cc2)=C/C1=C/C. The summed E-state index contributed by atoms with van der Waals surface area (Å²) >= 11 is 6.25. The van der Waals surface area contributed by atoms with Gasteiger partial charge in [-0.2, -0.15) is 0 Å². The number of hydrogen-bond acceptors (Lipinski definition) is 3. The van der Waals surface area contributed by atoms with E-state index < -0.39 is 10.0 Å². The molecule has 1 heterocycles. The Bertz CT molecular complexity index is 1220. The van der Waals surface area contributed by atoms with Crippen molar-refractivity contribution in [1.82, 2.24) is 0 Å². The van der Waals surface area contributed by atoms with E-state index in [2.05, 4.69) is 36.6 Å². The number of nitrogens with one attached hydrogen (secondary N) is 1. The first-order valence-electron chi connectivity index (χ1n) is 10.5. The summed E-state index contributed by atoms with van der Waals surface area (Å²) in [6.07, 6.45) is 9.90. The van der Waals surface area contributed by atoms with Crippen LogP contribution in [0.2, 0.25) is 5.02 Å². The largest absolute Gasteiger partial charge is 0.279 e. The average molecular weight is 469 g/mol. The van der Waals surface area contributed by atoms with Gasteiger partial charge in [0.25, 0.3) is 10.0 Å². The lowest BCUT2D eigenvalue weighted by atomic mass is 9.87. The summed E-state index contributed by atoms with van der Waals surface area (Å²) in [5, 5.41) is 0.506. The summed E-state index contributed by atoms with van der Waals surface area (Å²) in [4.78, 5) is 4.80. The van der Waals surface area contributed by atoms with Gasteiger partial charge in [0.15, 0.2) is 0 Å². The molecule has 3 rings (SSSR count). The van der Waals surface area contributed by atoms with E-state index in [9.17, 15) is 8.42 Å². The van der Waals surface area contributed by atoms with Crippen molar-refractivity contribution in [2.45, 2.75) is 44.9 Å². The zero-order valence-corrected chi connectivity index (χ0v) is 20.6. The molecular weight excluding hydrogens is 440 g/mol. The average Bonchev–Trinajstić information content (AvgIpc) is 2.75. The molecule has 168 valence electrons. The van der Waals surface area contributed by atoms with Crippen LogP contribution in [0.15, 0.2) is 82.2 Å². The fourth-order valence-corrected chi connectivity index (χ4v) is 4.74. The van der Waals surface area contributed by atoms with Crippen LogP contribution in [0.1, 0.15) is 45.7 Å². The van der Waals surface area contributed by atoms with Crippen molar-refractivity contribution < 1.29 is 8.42 Å². The molecule has 0 bridgehead atoms. The Morgan fingerprint density at radius 1 is 1.06 bits per heavy atom. The van der Waals surface area contributed by atoms with E-state index >= 15 is 0 Å². The molecule has 0 saturated heterocycles. The maximum atomic E-state index is 13.1. The molecule has 1 aliphatic rings. The number of benzene rings is 2. The highest BCUT2D eigenvalue weighted by atomic mass is 35.5. The summed E-state index contributed by atoms with van der Waals surface area (Å²) in [5.74, 6) is 0.0920. The molecule has 6 heteroatoms. The van der Waals surface area contributed by atoms with Gasteiger partial charge < -0.3 is 0 Å². The van der Waals surface area contributed by atoms with E-state index in [1.165, 1.54) is 0 Å². The molecule has 0 amide bonds. The quantitative estimate of drug-likeness (QED) is 0.480. The third-order valence-corrected chi connectivity index (χ3v) is 6.94. The van der Waals surface area contributed by atoms with Gasteiger partial charge in [0.2, 0.25) is 0 Å². The first-order chi connectivity index (χ1) is 15.0. The summed E-state index contributed by atoms with van der Waals surface area (Å²) < 4.78 is 29.0. The van der Waals surface area contributed by atoms with Gasteiger partial charge in [-0.25, -0.2) is 8.42 Å². The predicted molar refractivity (Wildman–Crippen MR) is 136 cm³/mol. The number of hydrogen-bond donors (Lipinski definition) is 1. The lowest BCUT2D eigenvalue weighted by molar-refractivity contribution is 0.587. The van der Waals surface area contributed by atoms with Crippen molar-refractivity contribution in [3.05, 3.63) is 88.5 Å². The van der Waals surface area contributed by atoms with Crippen LogP contribution in [0.4, 0.5) is 5.69 Å². The Kier molecular flexibility index (Phi) is 7.11. The van der Waals surface area contributed by atoms with Crippen molar-refractivity contribution in [2.75, 3.05) is 4.72 Å². The number of rotatable bonds is 5.